The Morgan fingerprint density at radius 3 is 2.74 bits per heavy atom. The second kappa shape index (κ2) is 6.31. The number of benzene rings is 1. The SMILES string of the molecule is O=C(CSc1nccc(C(F)(F)F)n1)c1ccc2c(c1)CCC2. The van der Waals surface area contributed by atoms with Crippen LogP contribution in [-0.2, 0) is 19.0 Å². The number of hydrogen-bond acceptors (Lipinski definition) is 4. The molecule has 0 saturated heterocycles. The van der Waals surface area contributed by atoms with E-state index in [1.165, 1.54) is 11.1 Å². The van der Waals surface area contributed by atoms with E-state index in [1.807, 2.05) is 12.1 Å². The lowest BCUT2D eigenvalue weighted by molar-refractivity contribution is -0.141. The van der Waals surface area contributed by atoms with Crippen molar-refractivity contribution in [2.45, 2.75) is 30.6 Å². The van der Waals surface area contributed by atoms with Crippen LogP contribution < -0.4 is 0 Å². The highest BCUT2D eigenvalue weighted by Crippen LogP contribution is 2.28. The molecule has 23 heavy (non-hydrogen) atoms. The molecule has 120 valence electrons. The standard InChI is InChI=1S/C16H13F3N2OS/c17-16(18,19)14-6-7-20-15(21-14)23-9-13(22)12-5-4-10-2-1-3-11(10)8-12/h4-8H,1-3,9H2. The van der Waals surface area contributed by atoms with Crippen molar-refractivity contribution in [1.82, 2.24) is 9.97 Å². The van der Waals surface area contributed by atoms with E-state index in [4.69, 9.17) is 0 Å². The summed E-state index contributed by atoms with van der Waals surface area (Å²) in [5, 5.41) is -0.0469. The summed E-state index contributed by atoms with van der Waals surface area (Å²) in [6.45, 7) is 0. The number of hydrogen-bond donors (Lipinski definition) is 0. The Bertz CT molecular complexity index is 746. The van der Waals surface area contributed by atoms with Crippen molar-refractivity contribution in [3.63, 3.8) is 0 Å². The van der Waals surface area contributed by atoms with Gasteiger partial charge >= 0.3 is 6.18 Å². The molecular formula is C16H13F3N2OS. The predicted octanol–water partition coefficient (Wildman–Crippen LogP) is 3.96. The van der Waals surface area contributed by atoms with Crippen LogP contribution in [-0.4, -0.2) is 21.5 Å². The molecule has 1 aliphatic carbocycles. The molecule has 3 rings (SSSR count). The van der Waals surface area contributed by atoms with E-state index in [0.29, 0.717) is 5.56 Å². The molecule has 0 unspecified atom stereocenters. The number of aromatic nitrogens is 2. The third-order valence-electron chi connectivity index (χ3n) is 3.68. The monoisotopic (exact) mass is 338 g/mol. The second-order valence-electron chi connectivity index (χ2n) is 5.27. The first-order chi connectivity index (χ1) is 10.9. The summed E-state index contributed by atoms with van der Waals surface area (Å²) in [5.74, 6) is -0.120. The van der Waals surface area contributed by atoms with Gasteiger partial charge in [0.05, 0.1) is 5.75 Å². The first-order valence-electron chi connectivity index (χ1n) is 7.11. The predicted molar refractivity (Wildman–Crippen MR) is 80.6 cm³/mol. The van der Waals surface area contributed by atoms with Gasteiger partial charge in [0, 0.05) is 11.8 Å². The van der Waals surface area contributed by atoms with E-state index in [1.54, 1.807) is 6.07 Å². The topological polar surface area (TPSA) is 42.9 Å². The lowest BCUT2D eigenvalue weighted by atomic mass is 10.0. The van der Waals surface area contributed by atoms with Gasteiger partial charge in [-0.15, -0.1) is 0 Å². The number of fused-ring (bicyclic) bond motifs is 1. The number of alkyl halides is 3. The minimum atomic E-state index is -4.51. The van der Waals surface area contributed by atoms with E-state index in [2.05, 4.69) is 9.97 Å². The van der Waals surface area contributed by atoms with Crippen molar-refractivity contribution in [1.29, 1.82) is 0 Å². The number of nitrogens with zero attached hydrogens (tertiary/aromatic N) is 2. The lowest BCUT2D eigenvalue weighted by Crippen LogP contribution is -2.09. The maximum atomic E-state index is 12.6. The molecule has 0 amide bonds. The van der Waals surface area contributed by atoms with Gasteiger partial charge in [0.15, 0.2) is 10.9 Å². The Labute approximate surface area is 135 Å². The summed E-state index contributed by atoms with van der Waals surface area (Å²) in [5.41, 5.74) is 2.05. The zero-order valence-corrected chi connectivity index (χ0v) is 12.9. The molecule has 0 fully saturated rings. The van der Waals surface area contributed by atoms with Crippen molar-refractivity contribution in [3.05, 3.63) is 52.8 Å². The van der Waals surface area contributed by atoms with Crippen molar-refractivity contribution in [2.75, 3.05) is 5.75 Å². The molecule has 0 radical (unpaired) electrons. The molecule has 0 aliphatic heterocycles. The van der Waals surface area contributed by atoms with E-state index in [0.717, 1.165) is 43.3 Å². The fraction of sp³-hybridized carbons (Fsp3) is 0.312. The molecule has 3 nitrogen and oxygen atoms in total. The van der Waals surface area contributed by atoms with Crippen molar-refractivity contribution in [3.8, 4) is 0 Å². The molecule has 1 aliphatic rings. The zero-order valence-electron chi connectivity index (χ0n) is 12.1. The van der Waals surface area contributed by atoms with Crippen molar-refractivity contribution < 1.29 is 18.0 Å². The number of Topliss-reactive ketones (excluding diaryl/α,β-unsaturated/α-hetero) is 1. The number of rotatable bonds is 4. The summed E-state index contributed by atoms with van der Waals surface area (Å²) in [7, 11) is 0. The van der Waals surface area contributed by atoms with Crippen LogP contribution in [0.25, 0.3) is 0 Å². The number of thioether (sulfide) groups is 1. The van der Waals surface area contributed by atoms with Crippen molar-refractivity contribution in [2.24, 2.45) is 0 Å². The number of carbonyl (C=O) groups excluding carboxylic acids is 1. The molecule has 0 bridgehead atoms. The van der Waals surface area contributed by atoms with Gasteiger partial charge in [0.25, 0.3) is 0 Å². The first kappa shape index (κ1) is 16.0. The minimum absolute atomic E-state index is 0.0140. The zero-order chi connectivity index (χ0) is 16.4. The van der Waals surface area contributed by atoms with Crippen LogP contribution in [0.5, 0.6) is 0 Å². The van der Waals surface area contributed by atoms with Gasteiger partial charge in [0.1, 0.15) is 5.69 Å². The fourth-order valence-electron chi connectivity index (χ4n) is 2.53. The Morgan fingerprint density at radius 1 is 1.17 bits per heavy atom. The van der Waals surface area contributed by atoms with Crippen LogP contribution in [0.3, 0.4) is 0 Å². The molecule has 0 saturated carbocycles. The van der Waals surface area contributed by atoms with Crippen LogP contribution >= 0.6 is 11.8 Å². The van der Waals surface area contributed by atoms with Crippen LogP contribution in [0.4, 0.5) is 13.2 Å². The van der Waals surface area contributed by atoms with Gasteiger partial charge in [-0.05, 0) is 42.5 Å². The van der Waals surface area contributed by atoms with E-state index >= 15 is 0 Å². The molecule has 7 heteroatoms. The minimum Gasteiger partial charge on any atom is -0.293 e. The highest BCUT2D eigenvalue weighted by molar-refractivity contribution is 7.99. The summed E-state index contributed by atoms with van der Waals surface area (Å²) in [6.07, 6.45) is -0.350. The molecule has 2 aromatic rings. The summed E-state index contributed by atoms with van der Waals surface area (Å²) in [4.78, 5) is 19.4. The normalized spacial score (nSPS) is 13.9. The average Bonchev–Trinajstić information content (AvgIpc) is 2.99. The smallest absolute Gasteiger partial charge is 0.293 e. The lowest BCUT2D eigenvalue weighted by Gasteiger charge is -2.07. The average molecular weight is 338 g/mol. The number of aryl methyl sites for hydroxylation is 2. The van der Waals surface area contributed by atoms with Crippen molar-refractivity contribution >= 4 is 17.5 Å². The fourth-order valence-corrected chi connectivity index (χ4v) is 3.25. The molecule has 0 N–H and O–H groups in total. The van der Waals surface area contributed by atoms with Gasteiger partial charge in [-0.3, -0.25) is 4.79 Å². The number of halogens is 3. The second-order valence-corrected chi connectivity index (χ2v) is 6.21. The number of carbonyl (C=O) groups is 1. The molecule has 1 aromatic heterocycles. The molecule has 0 spiro atoms. The molecular weight excluding hydrogens is 325 g/mol. The third-order valence-corrected chi connectivity index (χ3v) is 4.54. The first-order valence-corrected chi connectivity index (χ1v) is 8.10. The Balaban J connectivity index is 1.67. The largest absolute Gasteiger partial charge is 0.433 e. The van der Waals surface area contributed by atoms with Crippen LogP contribution in [0, 0.1) is 0 Å². The van der Waals surface area contributed by atoms with Crippen LogP contribution in [0.15, 0.2) is 35.6 Å². The summed E-state index contributed by atoms with van der Waals surface area (Å²) in [6, 6.07) is 6.44. The maximum Gasteiger partial charge on any atom is 0.433 e. The van der Waals surface area contributed by atoms with E-state index in [9.17, 15) is 18.0 Å². The highest BCUT2D eigenvalue weighted by atomic mass is 32.2. The van der Waals surface area contributed by atoms with E-state index in [-0.39, 0.29) is 16.7 Å². The summed E-state index contributed by atoms with van der Waals surface area (Å²) >= 11 is 0.915. The summed E-state index contributed by atoms with van der Waals surface area (Å²) < 4.78 is 37.8. The number of ketones is 1. The van der Waals surface area contributed by atoms with Crippen LogP contribution in [0.2, 0.25) is 0 Å². The highest BCUT2D eigenvalue weighted by Gasteiger charge is 2.32. The third kappa shape index (κ3) is 3.72. The van der Waals surface area contributed by atoms with E-state index < -0.39 is 11.9 Å². The molecule has 1 aromatic carbocycles. The van der Waals surface area contributed by atoms with Gasteiger partial charge in [0.2, 0.25) is 0 Å². The quantitative estimate of drug-likeness (QED) is 0.481. The maximum absolute atomic E-state index is 12.6. The van der Waals surface area contributed by atoms with Gasteiger partial charge < -0.3 is 0 Å². The Kier molecular flexibility index (Phi) is 4.39. The van der Waals surface area contributed by atoms with Gasteiger partial charge in [-0.25, -0.2) is 9.97 Å². The van der Waals surface area contributed by atoms with Gasteiger partial charge in [-0.1, -0.05) is 23.9 Å². The van der Waals surface area contributed by atoms with Gasteiger partial charge in [-0.2, -0.15) is 13.2 Å². The Morgan fingerprint density at radius 2 is 1.96 bits per heavy atom. The van der Waals surface area contributed by atoms with Crippen LogP contribution in [0.1, 0.15) is 33.6 Å². The molecule has 0 atom stereocenters. The Hall–Kier alpha value is -1.89. The molecule has 1 heterocycles.